The zero-order valence-corrected chi connectivity index (χ0v) is 24.8. The molecule has 0 saturated carbocycles. The number of carbonyl (C=O) groups excluding carboxylic acids is 2. The highest BCUT2D eigenvalue weighted by Gasteiger charge is 2.34. The summed E-state index contributed by atoms with van der Waals surface area (Å²) in [6.07, 6.45) is 1.97. The number of anilines is 1. The van der Waals surface area contributed by atoms with Crippen LogP contribution in [0.4, 0.5) is 5.69 Å². The summed E-state index contributed by atoms with van der Waals surface area (Å²) < 4.78 is 32.3. The van der Waals surface area contributed by atoms with Crippen molar-refractivity contribution in [2.24, 2.45) is 0 Å². The van der Waals surface area contributed by atoms with Gasteiger partial charge in [-0.3, -0.25) is 13.9 Å². The molecular weight excluding hydrogens is 550 g/mol. The van der Waals surface area contributed by atoms with Crippen LogP contribution in [-0.4, -0.2) is 57.1 Å². The Morgan fingerprint density at radius 2 is 1.60 bits per heavy atom. The molecule has 0 heterocycles. The van der Waals surface area contributed by atoms with Crippen molar-refractivity contribution in [1.29, 1.82) is 0 Å². The van der Waals surface area contributed by atoms with E-state index in [9.17, 15) is 18.0 Å². The van der Waals surface area contributed by atoms with E-state index in [2.05, 4.69) is 5.32 Å². The fourth-order valence-corrected chi connectivity index (χ4v) is 5.28. The van der Waals surface area contributed by atoms with Crippen LogP contribution in [0.25, 0.3) is 0 Å². The Bertz CT molecular complexity index is 1400. The lowest BCUT2D eigenvalue weighted by molar-refractivity contribution is -0.140. The van der Waals surface area contributed by atoms with Crippen molar-refractivity contribution < 1.29 is 22.7 Å². The van der Waals surface area contributed by atoms with Crippen molar-refractivity contribution in [1.82, 2.24) is 10.2 Å². The van der Waals surface area contributed by atoms with E-state index in [1.807, 2.05) is 44.2 Å². The molecule has 0 fully saturated rings. The van der Waals surface area contributed by atoms with Crippen molar-refractivity contribution >= 4 is 39.1 Å². The lowest BCUT2D eigenvalue weighted by Crippen LogP contribution is -2.54. The van der Waals surface area contributed by atoms with Gasteiger partial charge in [0.05, 0.1) is 19.1 Å². The first-order valence-electron chi connectivity index (χ1n) is 13.0. The number of rotatable bonds is 13. The van der Waals surface area contributed by atoms with Gasteiger partial charge in [0, 0.05) is 24.0 Å². The van der Waals surface area contributed by atoms with Gasteiger partial charge in [-0.1, -0.05) is 79.2 Å². The number of hydrogen-bond acceptors (Lipinski definition) is 5. The summed E-state index contributed by atoms with van der Waals surface area (Å²) in [5.74, 6) is -0.591. The van der Waals surface area contributed by atoms with Gasteiger partial charge in [0.15, 0.2) is 0 Å². The van der Waals surface area contributed by atoms with Gasteiger partial charge in [-0.2, -0.15) is 0 Å². The van der Waals surface area contributed by atoms with E-state index in [0.717, 1.165) is 16.1 Å². The number of sulfonamides is 1. The van der Waals surface area contributed by atoms with Crippen LogP contribution in [0, 0.1) is 0 Å². The number of para-hydroxylation sites is 2. The second-order valence-corrected chi connectivity index (χ2v) is 11.9. The molecule has 0 bridgehead atoms. The van der Waals surface area contributed by atoms with Crippen LogP contribution in [-0.2, 0) is 32.6 Å². The van der Waals surface area contributed by atoms with Crippen LogP contribution >= 0.6 is 11.6 Å². The molecule has 0 spiro atoms. The van der Waals surface area contributed by atoms with Crippen LogP contribution in [0.2, 0.25) is 5.02 Å². The molecule has 2 amide bonds. The van der Waals surface area contributed by atoms with E-state index in [4.69, 9.17) is 16.3 Å². The standard InChI is InChI=1S/C30H36ClN3O5S/c1-5-22(2)32-30(36)27(19-23-13-7-6-8-14-23)33(20-24-15-9-10-16-25(24)31)29(35)21-34(40(4,37)38)26-17-11-12-18-28(26)39-3/h6-18,22,27H,5,19-21H2,1-4H3,(H,32,36). The second kappa shape index (κ2) is 14.2. The first-order chi connectivity index (χ1) is 19.0. The monoisotopic (exact) mass is 585 g/mol. The van der Waals surface area contributed by atoms with Gasteiger partial charge in [0.1, 0.15) is 18.3 Å². The minimum atomic E-state index is -3.91. The number of nitrogens with zero attached hydrogens (tertiary/aromatic N) is 2. The Hall–Kier alpha value is -3.56. The normalized spacial score (nSPS) is 12.7. The zero-order chi connectivity index (χ0) is 29.3. The molecule has 2 atom stereocenters. The Balaban J connectivity index is 2.09. The Kier molecular flexibility index (Phi) is 11.0. The molecule has 1 N–H and O–H groups in total. The lowest BCUT2D eigenvalue weighted by atomic mass is 10.0. The lowest BCUT2D eigenvalue weighted by Gasteiger charge is -2.34. The molecule has 214 valence electrons. The summed E-state index contributed by atoms with van der Waals surface area (Å²) in [6, 6.07) is 22.0. The number of carbonyl (C=O) groups is 2. The predicted octanol–water partition coefficient (Wildman–Crippen LogP) is 4.67. The van der Waals surface area contributed by atoms with Crippen molar-refractivity contribution in [3.63, 3.8) is 0 Å². The van der Waals surface area contributed by atoms with Crippen LogP contribution in [0.5, 0.6) is 5.75 Å². The van der Waals surface area contributed by atoms with Gasteiger partial charge in [-0.05, 0) is 42.7 Å². The number of halogens is 1. The molecule has 40 heavy (non-hydrogen) atoms. The summed E-state index contributed by atoms with van der Waals surface area (Å²) >= 11 is 6.48. The van der Waals surface area contributed by atoms with E-state index in [1.54, 1.807) is 48.5 Å². The number of hydrogen-bond donors (Lipinski definition) is 1. The number of benzene rings is 3. The molecule has 8 nitrogen and oxygen atoms in total. The van der Waals surface area contributed by atoms with E-state index in [-0.39, 0.29) is 30.6 Å². The van der Waals surface area contributed by atoms with Crippen molar-refractivity contribution in [3.8, 4) is 5.75 Å². The molecular formula is C30H36ClN3O5S. The van der Waals surface area contributed by atoms with Crippen LogP contribution in [0.1, 0.15) is 31.4 Å². The average molecular weight is 586 g/mol. The molecule has 3 rings (SSSR count). The quantitative estimate of drug-likeness (QED) is 0.314. The van der Waals surface area contributed by atoms with E-state index in [0.29, 0.717) is 22.8 Å². The fourth-order valence-electron chi connectivity index (χ4n) is 4.24. The zero-order valence-electron chi connectivity index (χ0n) is 23.2. The molecule has 0 saturated heterocycles. The molecule has 3 aromatic rings. The molecule has 0 aliphatic heterocycles. The summed E-state index contributed by atoms with van der Waals surface area (Å²) in [5, 5.41) is 3.44. The summed E-state index contributed by atoms with van der Waals surface area (Å²) in [6.45, 7) is 3.32. The van der Waals surface area contributed by atoms with Crippen molar-refractivity contribution in [3.05, 3.63) is 95.0 Å². The molecule has 10 heteroatoms. The SMILES string of the molecule is CCC(C)NC(=O)C(Cc1ccccc1)N(Cc1ccccc1Cl)C(=O)CN(c1ccccc1OC)S(C)(=O)=O. The van der Waals surface area contributed by atoms with E-state index in [1.165, 1.54) is 12.0 Å². The molecule has 0 aliphatic carbocycles. The maximum absolute atomic E-state index is 14.1. The van der Waals surface area contributed by atoms with Gasteiger partial charge < -0.3 is 15.0 Å². The number of ether oxygens (including phenoxy) is 1. The third-order valence-corrected chi connectivity index (χ3v) is 8.10. The molecule has 3 aromatic carbocycles. The fraction of sp³-hybridized carbons (Fsp3) is 0.333. The third kappa shape index (κ3) is 8.22. The van der Waals surface area contributed by atoms with Crippen LogP contribution < -0.4 is 14.4 Å². The molecule has 0 aliphatic rings. The topological polar surface area (TPSA) is 96.0 Å². The largest absolute Gasteiger partial charge is 0.495 e. The van der Waals surface area contributed by atoms with Gasteiger partial charge in [-0.25, -0.2) is 8.42 Å². The van der Waals surface area contributed by atoms with E-state index < -0.39 is 28.5 Å². The highest BCUT2D eigenvalue weighted by Crippen LogP contribution is 2.30. The minimum absolute atomic E-state index is 0.00740. The van der Waals surface area contributed by atoms with E-state index >= 15 is 0 Å². The van der Waals surface area contributed by atoms with Crippen LogP contribution in [0.15, 0.2) is 78.9 Å². The van der Waals surface area contributed by atoms with Crippen LogP contribution in [0.3, 0.4) is 0 Å². The predicted molar refractivity (Wildman–Crippen MR) is 159 cm³/mol. The summed E-state index contributed by atoms with van der Waals surface area (Å²) in [5.41, 5.74) is 1.71. The smallest absolute Gasteiger partial charge is 0.244 e. The minimum Gasteiger partial charge on any atom is -0.495 e. The second-order valence-electron chi connectivity index (χ2n) is 9.58. The molecule has 0 aromatic heterocycles. The van der Waals surface area contributed by atoms with Gasteiger partial charge >= 0.3 is 0 Å². The Labute approximate surface area is 241 Å². The van der Waals surface area contributed by atoms with Crippen molar-refractivity contribution in [2.75, 3.05) is 24.2 Å². The highest BCUT2D eigenvalue weighted by molar-refractivity contribution is 7.92. The third-order valence-electron chi connectivity index (χ3n) is 6.60. The number of nitrogens with one attached hydrogen (secondary N) is 1. The summed E-state index contributed by atoms with van der Waals surface area (Å²) in [4.78, 5) is 29.3. The number of amides is 2. The first-order valence-corrected chi connectivity index (χ1v) is 15.3. The van der Waals surface area contributed by atoms with Gasteiger partial charge in [-0.15, -0.1) is 0 Å². The first kappa shape index (κ1) is 31.0. The average Bonchev–Trinajstić information content (AvgIpc) is 2.94. The molecule has 2 unspecified atom stereocenters. The summed E-state index contributed by atoms with van der Waals surface area (Å²) in [7, 11) is -2.48. The maximum atomic E-state index is 14.1. The molecule has 0 radical (unpaired) electrons. The van der Waals surface area contributed by atoms with Crippen molar-refractivity contribution in [2.45, 2.75) is 45.3 Å². The van der Waals surface area contributed by atoms with Gasteiger partial charge in [0.2, 0.25) is 21.8 Å². The maximum Gasteiger partial charge on any atom is 0.244 e. The Morgan fingerprint density at radius 1 is 0.975 bits per heavy atom. The van der Waals surface area contributed by atoms with Gasteiger partial charge in [0.25, 0.3) is 0 Å². The number of methoxy groups -OCH3 is 1. The highest BCUT2D eigenvalue weighted by atomic mass is 35.5. The Morgan fingerprint density at radius 3 is 2.23 bits per heavy atom.